The second kappa shape index (κ2) is 4.59. The van der Waals surface area contributed by atoms with Gasteiger partial charge in [-0.2, -0.15) is 0 Å². The minimum absolute atomic E-state index is 0.132. The zero-order valence-corrected chi connectivity index (χ0v) is 11.4. The van der Waals surface area contributed by atoms with Crippen molar-refractivity contribution in [2.45, 2.75) is 37.8 Å². The van der Waals surface area contributed by atoms with Gasteiger partial charge in [-0.3, -0.25) is 9.69 Å². The molecule has 0 aromatic heterocycles. The molecular formula is C15H18N2O3. The third kappa shape index (κ3) is 1.89. The van der Waals surface area contributed by atoms with Gasteiger partial charge in [0.2, 0.25) is 5.91 Å². The largest absolute Gasteiger partial charge is 0.480 e. The van der Waals surface area contributed by atoms with Gasteiger partial charge < -0.3 is 10.4 Å². The fraction of sp³-hybridized carbons (Fsp3) is 0.467. The van der Waals surface area contributed by atoms with E-state index in [1.165, 1.54) is 4.90 Å². The molecule has 2 heterocycles. The molecule has 5 heteroatoms. The molecular weight excluding hydrogens is 256 g/mol. The minimum atomic E-state index is -0.948. The molecule has 0 saturated carbocycles. The van der Waals surface area contributed by atoms with E-state index in [1.54, 1.807) is 0 Å². The quantitative estimate of drug-likeness (QED) is 0.849. The average Bonchev–Trinajstić information content (AvgIpc) is 3.02. The van der Waals surface area contributed by atoms with E-state index in [4.69, 9.17) is 0 Å². The maximum atomic E-state index is 12.8. The molecule has 0 bridgehead atoms. The lowest BCUT2D eigenvalue weighted by Crippen LogP contribution is -2.56. The Kier molecular flexibility index (Phi) is 3.01. The number of nitrogens with one attached hydrogen (secondary N) is 1. The SMILES string of the molecule is CC1(C(=O)N2c3ccccc3C[C@H]2C(=O)O)CCCN1. The molecule has 2 aliphatic heterocycles. The molecule has 106 valence electrons. The highest BCUT2D eigenvalue weighted by molar-refractivity contribution is 6.06. The van der Waals surface area contributed by atoms with Crippen LogP contribution in [0, 0.1) is 0 Å². The highest BCUT2D eigenvalue weighted by Crippen LogP contribution is 2.35. The second-order valence-electron chi connectivity index (χ2n) is 5.72. The Hall–Kier alpha value is -1.88. The Bertz CT molecular complexity index is 564. The smallest absolute Gasteiger partial charge is 0.327 e. The summed E-state index contributed by atoms with van der Waals surface area (Å²) in [5.41, 5.74) is 1.01. The number of carbonyl (C=O) groups excluding carboxylic acids is 1. The summed E-state index contributed by atoms with van der Waals surface area (Å²) in [4.78, 5) is 25.8. The number of aliphatic carboxylic acids is 1. The van der Waals surface area contributed by atoms with E-state index in [-0.39, 0.29) is 5.91 Å². The number of hydrogen-bond donors (Lipinski definition) is 2. The summed E-state index contributed by atoms with van der Waals surface area (Å²) in [5, 5.41) is 12.6. The van der Waals surface area contributed by atoms with E-state index in [1.807, 2.05) is 31.2 Å². The van der Waals surface area contributed by atoms with Gasteiger partial charge in [0.25, 0.3) is 0 Å². The van der Waals surface area contributed by atoms with E-state index >= 15 is 0 Å². The van der Waals surface area contributed by atoms with Crippen LogP contribution in [-0.4, -0.2) is 35.1 Å². The van der Waals surface area contributed by atoms with Crippen LogP contribution in [0.2, 0.25) is 0 Å². The van der Waals surface area contributed by atoms with Crippen molar-refractivity contribution in [3.05, 3.63) is 29.8 Å². The number of carboxylic acids is 1. The van der Waals surface area contributed by atoms with E-state index in [9.17, 15) is 14.7 Å². The van der Waals surface area contributed by atoms with Crippen LogP contribution in [0.1, 0.15) is 25.3 Å². The van der Waals surface area contributed by atoms with Gasteiger partial charge in [0.1, 0.15) is 6.04 Å². The summed E-state index contributed by atoms with van der Waals surface area (Å²) < 4.78 is 0. The number of nitrogens with zero attached hydrogens (tertiary/aromatic N) is 1. The zero-order valence-electron chi connectivity index (χ0n) is 11.4. The van der Waals surface area contributed by atoms with Gasteiger partial charge in [-0.15, -0.1) is 0 Å². The first-order chi connectivity index (χ1) is 9.53. The summed E-state index contributed by atoms with van der Waals surface area (Å²) >= 11 is 0. The summed E-state index contributed by atoms with van der Waals surface area (Å²) in [6.07, 6.45) is 2.07. The van der Waals surface area contributed by atoms with Crippen LogP contribution in [0.3, 0.4) is 0 Å². The maximum Gasteiger partial charge on any atom is 0.327 e. The fourth-order valence-electron chi connectivity index (χ4n) is 3.18. The van der Waals surface area contributed by atoms with Crippen molar-refractivity contribution in [3.8, 4) is 0 Å². The van der Waals surface area contributed by atoms with Crippen molar-refractivity contribution in [1.82, 2.24) is 5.32 Å². The number of carboxylic acid groups (broad SMARTS) is 1. The molecule has 5 nitrogen and oxygen atoms in total. The average molecular weight is 274 g/mol. The summed E-state index contributed by atoms with van der Waals surface area (Å²) in [5.74, 6) is -1.08. The predicted molar refractivity (Wildman–Crippen MR) is 74.7 cm³/mol. The van der Waals surface area contributed by atoms with Gasteiger partial charge in [-0.05, 0) is 37.9 Å². The maximum absolute atomic E-state index is 12.8. The fourth-order valence-corrected chi connectivity index (χ4v) is 3.18. The second-order valence-corrected chi connectivity index (χ2v) is 5.72. The van der Waals surface area contributed by atoms with E-state index in [0.29, 0.717) is 6.42 Å². The third-order valence-electron chi connectivity index (χ3n) is 4.32. The predicted octanol–water partition coefficient (Wildman–Crippen LogP) is 1.17. The van der Waals surface area contributed by atoms with E-state index in [0.717, 1.165) is 30.6 Å². The van der Waals surface area contributed by atoms with Crippen LogP contribution >= 0.6 is 0 Å². The van der Waals surface area contributed by atoms with Crippen molar-refractivity contribution in [2.24, 2.45) is 0 Å². The van der Waals surface area contributed by atoms with Crippen molar-refractivity contribution in [3.63, 3.8) is 0 Å². The van der Waals surface area contributed by atoms with E-state index in [2.05, 4.69) is 5.32 Å². The monoisotopic (exact) mass is 274 g/mol. The van der Waals surface area contributed by atoms with Crippen molar-refractivity contribution in [2.75, 3.05) is 11.4 Å². The number of anilines is 1. The molecule has 1 aromatic carbocycles. The Labute approximate surface area is 117 Å². The number of amides is 1. The molecule has 1 aromatic rings. The molecule has 1 unspecified atom stereocenters. The van der Waals surface area contributed by atoms with Crippen LogP contribution in [0.5, 0.6) is 0 Å². The summed E-state index contributed by atoms with van der Waals surface area (Å²) in [6, 6.07) is 6.64. The summed E-state index contributed by atoms with van der Waals surface area (Å²) in [7, 11) is 0. The first-order valence-corrected chi connectivity index (χ1v) is 6.92. The van der Waals surface area contributed by atoms with Gasteiger partial charge in [0.15, 0.2) is 0 Å². The highest BCUT2D eigenvalue weighted by Gasteiger charge is 2.46. The molecule has 3 rings (SSSR count). The lowest BCUT2D eigenvalue weighted by Gasteiger charge is -2.32. The van der Waals surface area contributed by atoms with Gasteiger partial charge in [0.05, 0.1) is 5.54 Å². The van der Waals surface area contributed by atoms with Crippen LogP contribution in [0.15, 0.2) is 24.3 Å². The standard InChI is InChI=1S/C15H18N2O3/c1-15(7-4-8-16-15)14(20)17-11-6-3-2-5-10(11)9-12(17)13(18)19/h2-3,5-6,12,16H,4,7-9H2,1H3,(H,18,19)/t12-,15?/m0/s1. The Morgan fingerprint density at radius 3 is 2.80 bits per heavy atom. The molecule has 1 fully saturated rings. The number of hydrogen-bond acceptors (Lipinski definition) is 3. The number of benzene rings is 1. The molecule has 2 aliphatic rings. The first kappa shape index (κ1) is 13.1. The lowest BCUT2D eigenvalue weighted by molar-refractivity contribution is -0.140. The molecule has 1 saturated heterocycles. The Balaban J connectivity index is 2.00. The van der Waals surface area contributed by atoms with E-state index < -0.39 is 17.6 Å². The van der Waals surface area contributed by atoms with Gasteiger partial charge >= 0.3 is 5.97 Å². The molecule has 2 N–H and O–H groups in total. The van der Waals surface area contributed by atoms with Crippen LogP contribution < -0.4 is 10.2 Å². The molecule has 1 amide bonds. The third-order valence-corrected chi connectivity index (χ3v) is 4.32. The number of para-hydroxylation sites is 1. The zero-order chi connectivity index (χ0) is 14.3. The topological polar surface area (TPSA) is 69.6 Å². The number of fused-ring (bicyclic) bond motifs is 1. The molecule has 0 aliphatic carbocycles. The van der Waals surface area contributed by atoms with Crippen LogP contribution in [0.25, 0.3) is 0 Å². The number of rotatable bonds is 2. The normalized spacial score (nSPS) is 28.4. The molecule has 2 atom stereocenters. The minimum Gasteiger partial charge on any atom is -0.480 e. The van der Waals surface area contributed by atoms with Crippen molar-refractivity contribution < 1.29 is 14.7 Å². The van der Waals surface area contributed by atoms with Gasteiger partial charge in [-0.25, -0.2) is 4.79 Å². The van der Waals surface area contributed by atoms with Gasteiger partial charge in [-0.1, -0.05) is 18.2 Å². The van der Waals surface area contributed by atoms with Crippen molar-refractivity contribution in [1.29, 1.82) is 0 Å². The van der Waals surface area contributed by atoms with Gasteiger partial charge in [0, 0.05) is 12.1 Å². The molecule has 20 heavy (non-hydrogen) atoms. The van der Waals surface area contributed by atoms with Crippen molar-refractivity contribution >= 4 is 17.6 Å². The lowest BCUT2D eigenvalue weighted by atomic mass is 9.97. The first-order valence-electron chi connectivity index (χ1n) is 6.92. The Morgan fingerprint density at radius 1 is 1.40 bits per heavy atom. The summed E-state index contributed by atoms with van der Waals surface area (Å²) in [6.45, 7) is 2.66. The van der Waals surface area contributed by atoms with Crippen LogP contribution in [0.4, 0.5) is 5.69 Å². The highest BCUT2D eigenvalue weighted by atomic mass is 16.4. The molecule has 0 radical (unpaired) electrons. The van der Waals surface area contributed by atoms with Crippen LogP contribution in [-0.2, 0) is 16.0 Å². The molecule has 0 spiro atoms. The Morgan fingerprint density at radius 2 is 2.15 bits per heavy atom. The number of carbonyl (C=O) groups is 2.